The van der Waals surface area contributed by atoms with Crippen LogP contribution in [0.15, 0.2) is 36.4 Å². The van der Waals surface area contributed by atoms with Crippen molar-refractivity contribution in [3.8, 4) is 0 Å². The zero-order valence-electron chi connectivity index (χ0n) is 16.5. The van der Waals surface area contributed by atoms with E-state index < -0.39 is 21.7 Å². The summed E-state index contributed by atoms with van der Waals surface area (Å²) in [6, 6.07) is 7.23. The zero-order chi connectivity index (χ0) is 23.4. The Hall–Kier alpha value is -3.24. The van der Waals surface area contributed by atoms with Gasteiger partial charge in [0.2, 0.25) is 0 Å². The van der Waals surface area contributed by atoms with E-state index in [4.69, 9.17) is 23.2 Å². The predicted molar refractivity (Wildman–Crippen MR) is 117 cm³/mol. The monoisotopic (exact) mass is 480 g/mol. The van der Waals surface area contributed by atoms with E-state index in [-0.39, 0.29) is 44.6 Å². The van der Waals surface area contributed by atoms with Gasteiger partial charge in [0.15, 0.2) is 0 Å². The first kappa shape index (κ1) is 23.4. The molecule has 2 aromatic carbocycles. The average Bonchev–Trinajstić information content (AvgIpc) is 2.74. The molecule has 2 amide bonds. The smallest absolute Gasteiger partial charge is 0.283 e. The lowest BCUT2D eigenvalue weighted by Crippen LogP contribution is -2.44. The minimum atomic E-state index is -0.664. The van der Waals surface area contributed by atoms with Gasteiger partial charge in [0.05, 0.1) is 9.85 Å². The molecule has 0 aromatic heterocycles. The molecule has 168 valence electrons. The van der Waals surface area contributed by atoms with Gasteiger partial charge in [-0.1, -0.05) is 23.2 Å². The number of hydrogen-bond acceptors (Lipinski definition) is 6. The number of hydrogen-bond donors (Lipinski definition) is 2. The number of amides is 2. The van der Waals surface area contributed by atoms with Gasteiger partial charge in [0.1, 0.15) is 11.1 Å². The second-order valence-electron chi connectivity index (χ2n) is 7.33. The summed E-state index contributed by atoms with van der Waals surface area (Å²) in [5.41, 5.74) is -0.907. The summed E-state index contributed by atoms with van der Waals surface area (Å²) >= 11 is 11.6. The van der Waals surface area contributed by atoms with Gasteiger partial charge in [-0.15, -0.1) is 0 Å². The van der Waals surface area contributed by atoms with Crippen molar-refractivity contribution >= 4 is 46.4 Å². The van der Waals surface area contributed by atoms with Crippen LogP contribution in [0.25, 0.3) is 0 Å². The van der Waals surface area contributed by atoms with Crippen molar-refractivity contribution in [1.29, 1.82) is 0 Å². The molecule has 3 rings (SSSR count). The van der Waals surface area contributed by atoms with Gasteiger partial charge in [-0.3, -0.25) is 29.8 Å². The van der Waals surface area contributed by atoms with E-state index in [2.05, 4.69) is 10.6 Å². The third-order valence-corrected chi connectivity index (χ3v) is 5.67. The van der Waals surface area contributed by atoms with Gasteiger partial charge in [0.25, 0.3) is 23.2 Å². The first-order valence-electron chi connectivity index (χ1n) is 9.65. The molecule has 0 aliphatic heterocycles. The SMILES string of the molecule is O=C(NC1CCC(NC(=O)c2ccc(Cl)cc2[N+](=O)[O-])CC1)c1ccc(Cl)cc1[N+](=O)[O-]. The Bertz CT molecular complexity index is 1000. The molecule has 0 unspecified atom stereocenters. The van der Waals surface area contributed by atoms with Crippen molar-refractivity contribution in [3.63, 3.8) is 0 Å². The van der Waals surface area contributed by atoms with Crippen molar-refractivity contribution < 1.29 is 19.4 Å². The molecule has 1 aliphatic rings. The molecule has 2 aromatic rings. The normalized spacial score (nSPS) is 17.9. The minimum absolute atomic E-state index is 0.0788. The Morgan fingerprint density at radius 3 is 1.41 bits per heavy atom. The van der Waals surface area contributed by atoms with Crippen LogP contribution in [-0.4, -0.2) is 33.7 Å². The molecule has 1 aliphatic carbocycles. The van der Waals surface area contributed by atoms with Crippen molar-refractivity contribution in [2.45, 2.75) is 37.8 Å². The first-order chi connectivity index (χ1) is 15.2. The fourth-order valence-corrected chi connectivity index (χ4v) is 3.94. The lowest BCUT2D eigenvalue weighted by atomic mass is 9.90. The standard InChI is InChI=1S/C20H18Cl2N4O6/c21-11-1-7-15(17(9-11)25(29)30)19(27)23-13-3-5-14(6-4-13)24-20(28)16-8-2-12(22)10-18(16)26(31)32/h1-2,7-10,13-14H,3-6H2,(H,23,27)(H,24,28). The number of nitro benzene ring substituents is 2. The zero-order valence-corrected chi connectivity index (χ0v) is 18.1. The van der Waals surface area contributed by atoms with E-state index in [0.717, 1.165) is 12.1 Å². The fourth-order valence-electron chi connectivity index (χ4n) is 3.60. The highest BCUT2D eigenvalue weighted by Gasteiger charge is 2.28. The highest BCUT2D eigenvalue weighted by atomic mass is 35.5. The molecular weight excluding hydrogens is 463 g/mol. The number of halogens is 2. The highest BCUT2D eigenvalue weighted by molar-refractivity contribution is 6.31. The quantitative estimate of drug-likeness (QED) is 0.466. The summed E-state index contributed by atoms with van der Waals surface area (Å²) in [5.74, 6) is -1.14. The van der Waals surface area contributed by atoms with Gasteiger partial charge in [-0.25, -0.2) is 0 Å². The van der Waals surface area contributed by atoms with Gasteiger partial charge >= 0.3 is 0 Å². The molecule has 32 heavy (non-hydrogen) atoms. The van der Waals surface area contributed by atoms with Crippen LogP contribution in [0, 0.1) is 20.2 Å². The molecule has 0 atom stereocenters. The average molecular weight is 481 g/mol. The van der Waals surface area contributed by atoms with Gasteiger partial charge in [0, 0.05) is 34.3 Å². The van der Waals surface area contributed by atoms with E-state index in [1.54, 1.807) is 0 Å². The van der Waals surface area contributed by atoms with Crippen LogP contribution in [0.4, 0.5) is 11.4 Å². The third-order valence-electron chi connectivity index (χ3n) is 5.20. The van der Waals surface area contributed by atoms with Crippen LogP contribution >= 0.6 is 23.2 Å². The number of carbonyl (C=O) groups is 2. The number of nitro groups is 2. The summed E-state index contributed by atoms with van der Waals surface area (Å²) in [6.07, 6.45) is 2.11. The predicted octanol–water partition coefficient (Wildman–Crippen LogP) is 4.28. The number of nitrogens with one attached hydrogen (secondary N) is 2. The summed E-state index contributed by atoms with van der Waals surface area (Å²) < 4.78 is 0. The van der Waals surface area contributed by atoms with Crippen molar-refractivity contribution in [2.75, 3.05) is 0 Å². The highest BCUT2D eigenvalue weighted by Crippen LogP contribution is 2.26. The molecule has 0 saturated heterocycles. The Balaban J connectivity index is 1.58. The fraction of sp³-hybridized carbons (Fsp3) is 0.300. The number of carbonyl (C=O) groups excluding carboxylic acids is 2. The van der Waals surface area contributed by atoms with E-state index in [1.165, 1.54) is 24.3 Å². The van der Waals surface area contributed by atoms with Gasteiger partial charge in [-0.2, -0.15) is 0 Å². The van der Waals surface area contributed by atoms with E-state index in [1.807, 2.05) is 0 Å². The maximum absolute atomic E-state index is 12.5. The van der Waals surface area contributed by atoms with Crippen LogP contribution in [0.3, 0.4) is 0 Å². The summed E-state index contributed by atoms with van der Waals surface area (Å²) in [6.45, 7) is 0. The largest absolute Gasteiger partial charge is 0.349 e. The van der Waals surface area contributed by atoms with Crippen LogP contribution in [0.2, 0.25) is 10.0 Å². The molecule has 0 spiro atoms. The minimum Gasteiger partial charge on any atom is -0.349 e. The third kappa shape index (κ3) is 5.51. The first-order valence-corrected chi connectivity index (χ1v) is 10.4. The van der Waals surface area contributed by atoms with Crippen LogP contribution in [0.5, 0.6) is 0 Å². The Labute approximate surface area is 192 Å². The van der Waals surface area contributed by atoms with E-state index in [9.17, 15) is 29.8 Å². The lowest BCUT2D eigenvalue weighted by Gasteiger charge is -2.29. The maximum atomic E-state index is 12.5. The van der Waals surface area contributed by atoms with Crippen molar-refractivity contribution in [3.05, 3.63) is 77.8 Å². The van der Waals surface area contributed by atoms with E-state index >= 15 is 0 Å². The maximum Gasteiger partial charge on any atom is 0.283 e. The molecule has 1 saturated carbocycles. The summed E-state index contributed by atoms with van der Waals surface area (Å²) in [7, 11) is 0. The topological polar surface area (TPSA) is 144 Å². The molecule has 10 nitrogen and oxygen atoms in total. The Kier molecular flexibility index (Phi) is 7.26. The Morgan fingerprint density at radius 1 is 0.750 bits per heavy atom. The molecule has 0 heterocycles. The number of rotatable bonds is 6. The molecular formula is C20H18Cl2N4O6. The van der Waals surface area contributed by atoms with Crippen molar-refractivity contribution in [2.24, 2.45) is 0 Å². The summed E-state index contributed by atoms with van der Waals surface area (Å²) in [4.78, 5) is 46.1. The molecule has 0 radical (unpaired) electrons. The van der Waals surface area contributed by atoms with Crippen molar-refractivity contribution in [1.82, 2.24) is 10.6 Å². The van der Waals surface area contributed by atoms with Gasteiger partial charge < -0.3 is 10.6 Å². The van der Waals surface area contributed by atoms with Crippen LogP contribution in [-0.2, 0) is 0 Å². The second-order valence-corrected chi connectivity index (χ2v) is 8.21. The number of benzene rings is 2. The Morgan fingerprint density at radius 2 is 1.09 bits per heavy atom. The molecule has 1 fully saturated rings. The lowest BCUT2D eigenvalue weighted by molar-refractivity contribution is -0.385. The number of nitrogens with zero attached hydrogens (tertiary/aromatic N) is 2. The van der Waals surface area contributed by atoms with Crippen LogP contribution < -0.4 is 10.6 Å². The molecule has 0 bridgehead atoms. The van der Waals surface area contributed by atoms with E-state index in [0.29, 0.717) is 25.7 Å². The van der Waals surface area contributed by atoms with Gasteiger partial charge in [-0.05, 0) is 49.9 Å². The molecule has 2 N–H and O–H groups in total. The summed E-state index contributed by atoms with van der Waals surface area (Å²) in [5, 5.41) is 28.3. The second kappa shape index (κ2) is 9.92. The van der Waals surface area contributed by atoms with Crippen LogP contribution in [0.1, 0.15) is 46.4 Å². The molecule has 12 heteroatoms.